The molecule has 0 aliphatic carbocycles. The summed E-state index contributed by atoms with van der Waals surface area (Å²) in [6.07, 6.45) is 0.439. The van der Waals surface area contributed by atoms with Gasteiger partial charge in [-0.05, 0) is 13.0 Å². The molecule has 2 atom stereocenters. The molecule has 1 aromatic heterocycles. The number of fused-ring (bicyclic) bond motifs is 4. The smallest absolute Gasteiger partial charge is 0.274 e. The van der Waals surface area contributed by atoms with Gasteiger partial charge in [0.25, 0.3) is 11.8 Å². The predicted molar refractivity (Wildman–Crippen MR) is 108 cm³/mol. The Hall–Kier alpha value is -3.31. The van der Waals surface area contributed by atoms with E-state index in [1.54, 1.807) is 11.8 Å². The first-order valence-corrected chi connectivity index (χ1v) is 10.1. The fourth-order valence-electron chi connectivity index (χ4n) is 4.08. The van der Waals surface area contributed by atoms with E-state index in [2.05, 4.69) is 5.32 Å². The van der Waals surface area contributed by atoms with Gasteiger partial charge in [0.1, 0.15) is 23.4 Å². The third kappa shape index (κ3) is 3.84. The molecule has 2 unspecified atom stereocenters. The summed E-state index contributed by atoms with van der Waals surface area (Å²) in [7, 11) is 0. The summed E-state index contributed by atoms with van der Waals surface area (Å²) in [4.78, 5) is 41.4. The lowest BCUT2D eigenvalue weighted by Gasteiger charge is -2.34. The van der Waals surface area contributed by atoms with Gasteiger partial charge in [0.2, 0.25) is 5.43 Å². The van der Waals surface area contributed by atoms with E-state index in [1.165, 1.54) is 21.7 Å². The highest BCUT2D eigenvalue weighted by Crippen LogP contribution is 2.29. The lowest BCUT2D eigenvalue weighted by molar-refractivity contribution is 0.0164. The fourth-order valence-corrected chi connectivity index (χ4v) is 4.08. The average molecular weight is 448 g/mol. The van der Waals surface area contributed by atoms with Crippen LogP contribution in [-0.2, 0) is 6.54 Å². The van der Waals surface area contributed by atoms with E-state index in [4.69, 9.17) is 0 Å². The summed E-state index contributed by atoms with van der Waals surface area (Å²) in [6.45, 7) is 2.65. The normalized spacial score (nSPS) is 19.3. The molecule has 9 nitrogen and oxygen atoms in total. The van der Waals surface area contributed by atoms with Crippen LogP contribution in [0.1, 0.15) is 39.4 Å². The predicted octanol–water partition coefficient (Wildman–Crippen LogP) is 0.413. The molecule has 0 radical (unpaired) electrons. The summed E-state index contributed by atoms with van der Waals surface area (Å²) in [5.41, 5.74) is -1.62. The molecule has 1 fully saturated rings. The number of amides is 2. The number of nitrogens with one attached hydrogen (secondary N) is 1. The van der Waals surface area contributed by atoms with Crippen LogP contribution in [0.2, 0.25) is 0 Å². The highest BCUT2D eigenvalue weighted by Gasteiger charge is 2.38. The molecule has 0 spiro atoms. The second kappa shape index (κ2) is 8.32. The molecule has 3 N–H and O–H groups in total. The first-order chi connectivity index (χ1) is 15.2. The van der Waals surface area contributed by atoms with Crippen LogP contribution in [0, 0.1) is 11.6 Å². The zero-order chi connectivity index (χ0) is 23.2. The Morgan fingerprint density at radius 1 is 1.25 bits per heavy atom. The minimum atomic E-state index is -1.02. The summed E-state index contributed by atoms with van der Waals surface area (Å²) in [6, 6.07) is 2.48. The van der Waals surface area contributed by atoms with Gasteiger partial charge in [0.15, 0.2) is 11.4 Å². The standard InChI is InChI=1S/C21H22F2N4O5/c1-11(28)25-4-5-26-9-14(8-25)27-10-15(18(29)19(30)17(27)21(26)32)20(31)24-7-12-2-3-13(22)6-16(12)23/h2-3,6,10-11,14,28,30H,4-5,7-9H2,1H3,(H,24,31). The van der Waals surface area contributed by atoms with Gasteiger partial charge in [-0.1, -0.05) is 6.07 Å². The molecular formula is C21H22F2N4O5. The number of aromatic hydroxyl groups is 1. The van der Waals surface area contributed by atoms with Crippen molar-refractivity contribution in [2.45, 2.75) is 25.7 Å². The number of carbonyl (C=O) groups excluding carboxylic acids is 2. The number of nitrogens with zero attached hydrogens (tertiary/aromatic N) is 3. The molecule has 2 aliphatic rings. The number of rotatable bonds is 4. The Bertz CT molecular complexity index is 1150. The van der Waals surface area contributed by atoms with E-state index < -0.39 is 52.5 Å². The van der Waals surface area contributed by atoms with E-state index in [0.29, 0.717) is 32.2 Å². The largest absolute Gasteiger partial charge is 0.503 e. The van der Waals surface area contributed by atoms with Crippen LogP contribution < -0.4 is 10.7 Å². The van der Waals surface area contributed by atoms with Crippen LogP contribution in [0.4, 0.5) is 8.78 Å². The number of carbonyl (C=O) groups is 2. The number of pyridine rings is 1. The van der Waals surface area contributed by atoms with Crippen LogP contribution in [0.5, 0.6) is 5.75 Å². The Labute approximate surface area is 181 Å². The molecule has 2 bridgehead atoms. The van der Waals surface area contributed by atoms with Gasteiger partial charge in [0, 0.05) is 50.6 Å². The highest BCUT2D eigenvalue weighted by molar-refractivity contribution is 5.99. The number of benzene rings is 1. The van der Waals surface area contributed by atoms with Crippen molar-refractivity contribution < 1.29 is 28.6 Å². The van der Waals surface area contributed by atoms with Gasteiger partial charge >= 0.3 is 0 Å². The molecule has 3 heterocycles. The van der Waals surface area contributed by atoms with E-state index in [-0.39, 0.29) is 17.8 Å². The minimum absolute atomic E-state index is 0.0178. The summed E-state index contributed by atoms with van der Waals surface area (Å²) in [5, 5.41) is 22.9. The maximum Gasteiger partial charge on any atom is 0.274 e. The summed E-state index contributed by atoms with van der Waals surface area (Å²) < 4.78 is 28.3. The Morgan fingerprint density at radius 3 is 2.69 bits per heavy atom. The van der Waals surface area contributed by atoms with Gasteiger partial charge in [-0.2, -0.15) is 0 Å². The molecule has 32 heavy (non-hydrogen) atoms. The Morgan fingerprint density at radius 2 is 2.00 bits per heavy atom. The maximum absolute atomic E-state index is 13.8. The molecule has 0 saturated carbocycles. The van der Waals surface area contributed by atoms with Crippen LogP contribution in [0.25, 0.3) is 0 Å². The topological polar surface area (TPSA) is 115 Å². The van der Waals surface area contributed by atoms with Gasteiger partial charge in [-0.25, -0.2) is 8.78 Å². The van der Waals surface area contributed by atoms with Crippen LogP contribution in [0.15, 0.2) is 29.2 Å². The third-order valence-electron chi connectivity index (χ3n) is 5.85. The Balaban J connectivity index is 1.67. The second-order valence-electron chi connectivity index (χ2n) is 7.93. The van der Waals surface area contributed by atoms with Crippen molar-refractivity contribution in [2.24, 2.45) is 0 Å². The van der Waals surface area contributed by atoms with Crippen molar-refractivity contribution in [1.29, 1.82) is 0 Å². The quantitative estimate of drug-likeness (QED) is 0.624. The zero-order valence-corrected chi connectivity index (χ0v) is 17.2. The number of halogens is 2. The molecule has 11 heteroatoms. The third-order valence-corrected chi connectivity index (χ3v) is 5.85. The number of aromatic nitrogens is 1. The van der Waals surface area contributed by atoms with E-state index in [9.17, 15) is 33.4 Å². The summed E-state index contributed by atoms with van der Waals surface area (Å²) in [5.74, 6) is -3.86. The van der Waals surface area contributed by atoms with Crippen molar-refractivity contribution in [1.82, 2.24) is 19.7 Å². The van der Waals surface area contributed by atoms with Crippen molar-refractivity contribution in [3.8, 4) is 5.75 Å². The monoisotopic (exact) mass is 448 g/mol. The molecule has 1 saturated heterocycles. The maximum atomic E-state index is 13.8. The van der Waals surface area contributed by atoms with Crippen LogP contribution in [0.3, 0.4) is 0 Å². The zero-order valence-electron chi connectivity index (χ0n) is 17.2. The number of hydrogen-bond donors (Lipinski definition) is 3. The van der Waals surface area contributed by atoms with Gasteiger partial charge in [0.05, 0.1) is 6.04 Å². The minimum Gasteiger partial charge on any atom is -0.503 e. The summed E-state index contributed by atoms with van der Waals surface area (Å²) >= 11 is 0. The lowest BCUT2D eigenvalue weighted by atomic mass is 10.1. The molecule has 170 valence electrons. The van der Waals surface area contributed by atoms with Gasteiger partial charge < -0.3 is 25.0 Å². The first kappa shape index (κ1) is 21.9. The van der Waals surface area contributed by atoms with Crippen molar-refractivity contribution in [3.63, 3.8) is 0 Å². The highest BCUT2D eigenvalue weighted by atomic mass is 19.1. The fraction of sp³-hybridized carbons (Fsp3) is 0.381. The number of aliphatic hydroxyl groups excluding tert-OH is 1. The lowest BCUT2D eigenvalue weighted by Crippen LogP contribution is -2.45. The molecule has 2 amide bonds. The molecule has 2 aromatic rings. The van der Waals surface area contributed by atoms with Crippen LogP contribution in [-0.4, -0.2) is 68.8 Å². The van der Waals surface area contributed by atoms with Crippen molar-refractivity contribution in [3.05, 3.63) is 63.1 Å². The number of aliphatic hydroxyl groups is 1. The van der Waals surface area contributed by atoms with Crippen molar-refractivity contribution in [2.75, 3.05) is 26.2 Å². The van der Waals surface area contributed by atoms with Crippen molar-refractivity contribution >= 4 is 11.8 Å². The van der Waals surface area contributed by atoms with E-state index in [1.807, 2.05) is 0 Å². The van der Waals surface area contributed by atoms with Gasteiger partial charge in [-0.3, -0.25) is 19.3 Å². The number of hydrogen-bond acceptors (Lipinski definition) is 6. The Kier molecular flexibility index (Phi) is 5.70. The molecule has 4 rings (SSSR count). The molecule has 2 aliphatic heterocycles. The van der Waals surface area contributed by atoms with E-state index >= 15 is 0 Å². The van der Waals surface area contributed by atoms with Gasteiger partial charge in [-0.15, -0.1) is 0 Å². The first-order valence-electron chi connectivity index (χ1n) is 10.1. The van der Waals surface area contributed by atoms with Crippen LogP contribution >= 0.6 is 0 Å². The second-order valence-corrected chi connectivity index (χ2v) is 7.93. The molecular weight excluding hydrogens is 426 g/mol. The molecule has 1 aromatic carbocycles. The SMILES string of the molecule is CC(O)N1CCN2CC(C1)n1cc(C(=O)NCc3ccc(F)cc3F)c(=O)c(O)c1C2=O. The average Bonchev–Trinajstić information content (AvgIpc) is 2.94. The van der Waals surface area contributed by atoms with E-state index in [0.717, 1.165) is 6.07 Å².